The summed E-state index contributed by atoms with van der Waals surface area (Å²) in [7, 11) is 3.52. The van der Waals surface area contributed by atoms with Gasteiger partial charge in [-0.3, -0.25) is 10.1 Å². The van der Waals surface area contributed by atoms with E-state index in [1.165, 1.54) is 6.08 Å². The van der Waals surface area contributed by atoms with Crippen LogP contribution in [0.2, 0.25) is 5.02 Å². The number of nitrogens with zero attached hydrogens (tertiary/aromatic N) is 2. The zero-order valence-electron chi connectivity index (χ0n) is 8.78. The van der Waals surface area contributed by atoms with Crippen LogP contribution in [0.3, 0.4) is 0 Å². The Bertz CT molecular complexity index is 447. The van der Waals surface area contributed by atoms with Gasteiger partial charge < -0.3 is 4.90 Å². The van der Waals surface area contributed by atoms with Crippen LogP contribution in [-0.2, 0) is 0 Å². The van der Waals surface area contributed by atoms with Crippen molar-refractivity contribution >= 4 is 23.4 Å². The highest BCUT2D eigenvalue weighted by Crippen LogP contribution is 2.27. The molecule has 0 amide bonds. The molecule has 0 aliphatic heterocycles. The molecular formula is C10H10ClFN2O2. The van der Waals surface area contributed by atoms with Crippen molar-refractivity contribution in [3.8, 4) is 0 Å². The van der Waals surface area contributed by atoms with Crippen molar-refractivity contribution in [2.24, 2.45) is 0 Å². The second-order valence-corrected chi connectivity index (χ2v) is 3.77. The lowest BCUT2D eigenvalue weighted by Gasteiger charge is -2.04. The molecule has 0 aliphatic rings. The minimum absolute atomic E-state index is 0.181. The fourth-order valence-electron chi connectivity index (χ4n) is 1.07. The van der Waals surface area contributed by atoms with E-state index >= 15 is 0 Å². The van der Waals surface area contributed by atoms with Gasteiger partial charge in [0.1, 0.15) is 5.82 Å². The van der Waals surface area contributed by atoms with Gasteiger partial charge in [0, 0.05) is 20.2 Å². The van der Waals surface area contributed by atoms with Gasteiger partial charge >= 0.3 is 0 Å². The number of hydrogen-bond acceptors (Lipinski definition) is 3. The Morgan fingerprint density at radius 3 is 2.62 bits per heavy atom. The summed E-state index contributed by atoms with van der Waals surface area (Å²) in [4.78, 5) is 11.8. The second-order valence-electron chi connectivity index (χ2n) is 3.36. The molecule has 0 unspecified atom stereocenters. The lowest BCUT2D eigenvalue weighted by atomic mass is 10.1. The molecule has 1 aromatic rings. The van der Waals surface area contributed by atoms with Gasteiger partial charge in [0.25, 0.3) is 5.69 Å². The summed E-state index contributed by atoms with van der Waals surface area (Å²) in [5.41, 5.74) is -0.0369. The van der Waals surface area contributed by atoms with E-state index in [1.54, 1.807) is 25.2 Å². The Morgan fingerprint density at radius 2 is 2.12 bits per heavy atom. The summed E-state index contributed by atoms with van der Waals surface area (Å²) in [6, 6.07) is 2.05. The fourth-order valence-corrected chi connectivity index (χ4v) is 1.23. The van der Waals surface area contributed by atoms with E-state index in [2.05, 4.69) is 0 Å². The third-order valence-corrected chi connectivity index (χ3v) is 2.11. The maximum absolute atomic E-state index is 13.1. The molecule has 0 saturated carbocycles. The number of nitro groups is 1. The number of nitro benzene ring substituents is 1. The number of halogens is 2. The van der Waals surface area contributed by atoms with E-state index in [0.29, 0.717) is 0 Å². The van der Waals surface area contributed by atoms with Crippen molar-refractivity contribution < 1.29 is 9.31 Å². The molecule has 0 bridgehead atoms. The van der Waals surface area contributed by atoms with Crippen LogP contribution in [0.15, 0.2) is 18.3 Å². The summed E-state index contributed by atoms with van der Waals surface area (Å²) < 4.78 is 13.1. The van der Waals surface area contributed by atoms with Gasteiger partial charge in [0.2, 0.25) is 0 Å². The normalized spacial score (nSPS) is 10.8. The maximum Gasteiger partial charge on any atom is 0.278 e. The molecule has 1 rings (SSSR count). The molecule has 86 valence electrons. The Labute approximate surface area is 97.1 Å². The number of hydrogen-bond donors (Lipinski definition) is 0. The van der Waals surface area contributed by atoms with Gasteiger partial charge in [-0.15, -0.1) is 0 Å². The van der Waals surface area contributed by atoms with Crippen molar-refractivity contribution in [2.75, 3.05) is 14.1 Å². The van der Waals surface area contributed by atoms with E-state index in [-0.39, 0.29) is 16.3 Å². The lowest BCUT2D eigenvalue weighted by Crippen LogP contribution is -2.00. The van der Waals surface area contributed by atoms with Gasteiger partial charge in [-0.1, -0.05) is 11.6 Å². The molecule has 0 N–H and O–H groups in total. The van der Waals surface area contributed by atoms with Gasteiger partial charge in [0.05, 0.1) is 15.5 Å². The molecule has 16 heavy (non-hydrogen) atoms. The van der Waals surface area contributed by atoms with Crippen LogP contribution in [0.1, 0.15) is 5.56 Å². The molecule has 0 radical (unpaired) electrons. The van der Waals surface area contributed by atoms with Crippen molar-refractivity contribution in [3.05, 3.63) is 44.9 Å². The third kappa shape index (κ3) is 2.93. The predicted octanol–water partition coefficient (Wildman–Crippen LogP) is 2.92. The summed E-state index contributed by atoms with van der Waals surface area (Å²) >= 11 is 5.48. The van der Waals surface area contributed by atoms with Crippen molar-refractivity contribution in [2.45, 2.75) is 0 Å². The Balaban J connectivity index is 3.25. The van der Waals surface area contributed by atoms with Crippen LogP contribution in [0.4, 0.5) is 10.1 Å². The fraction of sp³-hybridized carbons (Fsp3) is 0.200. The minimum Gasteiger partial charge on any atom is -0.383 e. The molecule has 0 heterocycles. The van der Waals surface area contributed by atoms with Crippen LogP contribution in [0.5, 0.6) is 0 Å². The lowest BCUT2D eigenvalue weighted by molar-refractivity contribution is -0.385. The number of rotatable bonds is 3. The van der Waals surface area contributed by atoms with Crippen molar-refractivity contribution in [1.29, 1.82) is 0 Å². The quantitative estimate of drug-likeness (QED) is 0.607. The molecule has 0 aromatic heterocycles. The molecule has 0 spiro atoms. The highest BCUT2D eigenvalue weighted by molar-refractivity contribution is 6.31. The zero-order chi connectivity index (χ0) is 12.3. The van der Waals surface area contributed by atoms with Gasteiger partial charge in [-0.05, 0) is 18.3 Å². The first kappa shape index (κ1) is 12.4. The van der Waals surface area contributed by atoms with Gasteiger partial charge in [0.15, 0.2) is 0 Å². The molecule has 0 atom stereocenters. The van der Waals surface area contributed by atoms with E-state index in [9.17, 15) is 14.5 Å². The first-order valence-corrected chi connectivity index (χ1v) is 4.77. The zero-order valence-corrected chi connectivity index (χ0v) is 9.53. The Morgan fingerprint density at radius 1 is 1.50 bits per heavy atom. The summed E-state index contributed by atoms with van der Waals surface area (Å²) in [6.07, 6.45) is 3.05. The highest BCUT2D eigenvalue weighted by atomic mass is 35.5. The van der Waals surface area contributed by atoms with Crippen LogP contribution >= 0.6 is 11.6 Å². The second kappa shape index (κ2) is 4.94. The van der Waals surface area contributed by atoms with Crippen molar-refractivity contribution in [3.63, 3.8) is 0 Å². The monoisotopic (exact) mass is 244 g/mol. The van der Waals surface area contributed by atoms with E-state index in [0.717, 1.165) is 12.1 Å². The van der Waals surface area contributed by atoms with Crippen LogP contribution in [0.25, 0.3) is 6.08 Å². The highest BCUT2D eigenvalue weighted by Gasteiger charge is 2.15. The maximum atomic E-state index is 13.1. The smallest absolute Gasteiger partial charge is 0.278 e. The van der Waals surface area contributed by atoms with Gasteiger partial charge in [-0.25, -0.2) is 4.39 Å². The third-order valence-electron chi connectivity index (χ3n) is 1.82. The molecule has 1 aromatic carbocycles. The van der Waals surface area contributed by atoms with Gasteiger partial charge in [-0.2, -0.15) is 0 Å². The molecular weight excluding hydrogens is 235 g/mol. The summed E-state index contributed by atoms with van der Waals surface area (Å²) in [6.45, 7) is 0. The summed E-state index contributed by atoms with van der Waals surface area (Å²) in [5.74, 6) is -0.675. The largest absolute Gasteiger partial charge is 0.383 e. The predicted molar refractivity (Wildman–Crippen MR) is 60.8 cm³/mol. The Hall–Kier alpha value is -1.62. The van der Waals surface area contributed by atoms with E-state index in [4.69, 9.17) is 11.6 Å². The average molecular weight is 245 g/mol. The first-order valence-electron chi connectivity index (χ1n) is 4.40. The van der Waals surface area contributed by atoms with E-state index in [1.807, 2.05) is 0 Å². The SMILES string of the molecule is CN(C)C=Cc1cc(F)c(Cl)cc1[N+](=O)[O-]. The Kier molecular flexibility index (Phi) is 3.84. The molecule has 0 aliphatic carbocycles. The van der Waals surface area contributed by atoms with Crippen LogP contribution < -0.4 is 0 Å². The first-order chi connectivity index (χ1) is 7.41. The minimum atomic E-state index is -0.675. The molecule has 0 fully saturated rings. The van der Waals surface area contributed by atoms with Crippen molar-refractivity contribution in [1.82, 2.24) is 4.90 Å². The van der Waals surface area contributed by atoms with E-state index < -0.39 is 10.7 Å². The average Bonchev–Trinajstić information content (AvgIpc) is 2.18. The number of benzene rings is 1. The summed E-state index contributed by atoms with van der Waals surface area (Å²) in [5, 5.41) is 10.5. The standard InChI is InChI=1S/C10H10ClFN2O2/c1-13(2)4-3-7-5-9(12)8(11)6-10(7)14(15)16/h3-6H,1-2H3. The van der Waals surface area contributed by atoms with Crippen LogP contribution in [-0.4, -0.2) is 23.9 Å². The molecule has 0 saturated heterocycles. The molecule has 6 heteroatoms. The van der Waals surface area contributed by atoms with Crippen LogP contribution in [0, 0.1) is 15.9 Å². The topological polar surface area (TPSA) is 46.4 Å². The molecule has 4 nitrogen and oxygen atoms in total.